The van der Waals surface area contributed by atoms with Crippen molar-refractivity contribution in [3.8, 4) is 11.8 Å². The van der Waals surface area contributed by atoms with Crippen LogP contribution in [0.2, 0.25) is 0 Å². The third-order valence-electron chi connectivity index (χ3n) is 5.85. The molecule has 3 rings (SSSR count). The highest BCUT2D eigenvalue weighted by Crippen LogP contribution is 2.52. The van der Waals surface area contributed by atoms with Crippen LogP contribution in [-0.4, -0.2) is 24.8 Å². The SMILES string of the molecule is CC#CCC(C)C(=O)/C=C\[C@]12C=CC[C@H]1C[C@@H](OC1CCCCO1)C2. The molecule has 2 unspecified atom stereocenters. The van der Waals surface area contributed by atoms with Crippen LogP contribution in [0, 0.1) is 29.1 Å². The number of ketones is 1. The van der Waals surface area contributed by atoms with E-state index in [1.54, 1.807) is 6.08 Å². The van der Waals surface area contributed by atoms with Crippen molar-refractivity contribution in [2.75, 3.05) is 6.61 Å². The van der Waals surface area contributed by atoms with Crippen LogP contribution in [0.4, 0.5) is 0 Å². The molecule has 0 aromatic carbocycles. The zero-order valence-electron chi connectivity index (χ0n) is 15.5. The predicted molar refractivity (Wildman–Crippen MR) is 98.8 cm³/mol. The van der Waals surface area contributed by atoms with E-state index in [0.29, 0.717) is 12.3 Å². The molecule has 0 amide bonds. The summed E-state index contributed by atoms with van der Waals surface area (Å²) in [7, 11) is 0. The maximum absolute atomic E-state index is 12.4. The molecule has 3 nitrogen and oxygen atoms in total. The fourth-order valence-corrected chi connectivity index (χ4v) is 4.31. The Kier molecular flexibility index (Phi) is 6.15. The number of rotatable bonds is 6. The Bertz CT molecular complexity index is 588. The molecule has 25 heavy (non-hydrogen) atoms. The Morgan fingerprint density at radius 3 is 3.12 bits per heavy atom. The van der Waals surface area contributed by atoms with Crippen LogP contribution in [0.5, 0.6) is 0 Å². The number of fused-ring (bicyclic) bond motifs is 1. The third-order valence-corrected chi connectivity index (χ3v) is 5.85. The van der Waals surface area contributed by atoms with Gasteiger partial charge >= 0.3 is 0 Å². The van der Waals surface area contributed by atoms with Crippen molar-refractivity contribution >= 4 is 5.78 Å². The lowest BCUT2D eigenvalue weighted by atomic mass is 9.80. The summed E-state index contributed by atoms with van der Waals surface area (Å²) in [4.78, 5) is 12.4. The van der Waals surface area contributed by atoms with E-state index >= 15 is 0 Å². The lowest BCUT2D eigenvalue weighted by Gasteiger charge is -2.27. The molecule has 3 heteroatoms. The molecule has 0 aromatic heterocycles. The van der Waals surface area contributed by atoms with Gasteiger partial charge in [-0.15, -0.1) is 11.8 Å². The van der Waals surface area contributed by atoms with E-state index < -0.39 is 0 Å². The number of ether oxygens (including phenoxy) is 2. The van der Waals surface area contributed by atoms with Crippen molar-refractivity contribution in [3.05, 3.63) is 24.3 Å². The van der Waals surface area contributed by atoms with Crippen LogP contribution >= 0.6 is 0 Å². The van der Waals surface area contributed by atoms with Crippen molar-refractivity contribution in [2.24, 2.45) is 17.3 Å². The topological polar surface area (TPSA) is 35.5 Å². The van der Waals surface area contributed by atoms with Gasteiger partial charge in [0, 0.05) is 24.4 Å². The molecule has 5 atom stereocenters. The second-order valence-electron chi connectivity index (χ2n) is 7.71. The quantitative estimate of drug-likeness (QED) is 0.407. The van der Waals surface area contributed by atoms with Crippen LogP contribution in [0.3, 0.4) is 0 Å². The molecule has 0 spiro atoms. The monoisotopic (exact) mass is 342 g/mol. The molecule has 0 N–H and O–H groups in total. The number of hydrogen-bond donors (Lipinski definition) is 0. The van der Waals surface area contributed by atoms with Crippen molar-refractivity contribution in [1.29, 1.82) is 0 Å². The first-order chi connectivity index (χ1) is 12.1. The lowest BCUT2D eigenvalue weighted by molar-refractivity contribution is -0.187. The van der Waals surface area contributed by atoms with Crippen LogP contribution in [0.25, 0.3) is 0 Å². The van der Waals surface area contributed by atoms with Gasteiger partial charge in [0.15, 0.2) is 12.1 Å². The summed E-state index contributed by atoms with van der Waals surface area (Å²) in [6.45, 7) is 4.59. The Labute approximate surface area is 151 Å². The zero-order valence-corrected chi connectivity index (χ0v) is 15.5. The van der Waals surface area contributed by atoms with Gasteiger partial charge in [0.2, 0.25) is 0 Å². The van der Waals surface area contributed by atoms with Gasteiger partial charge in [0.1, 0.15) is 0 Å². The van der Waals surface area contributed by atoms with Gasteiger partial charge in [-0.05, 0) is 57.4 Å². The van der Waals surface area contributed by atoms with E-state index in [-0.39, 0.29) is 29.5 Å². The average Bonchev–Trinajstić information content (AvgIpc) is 3.15. The summed E-state index contributed by atoms with van der Waals surface area (Å²) in [6, 6.07) is 0. The number of carbonyl (C=O) groups excluding carboxylic acids is 1. The molecule has 0 radical (unpaired) electrons. The summed E-state index contributed by atoms with van der Waals surface area (Å²) in [6.07, 6.45) is 15.8. The Hall–Kier alpha value is -1.37. The second-order valence-corrected chi connectivity index (χ2v) is 7.71. The number of hydrogen-bond acceptors (Lipinski definition) is 3. The van der Waals surface area contributed by atoms with E-state index in [4.69, 9.17) is 9.47 Å². The number of carbonyl (C=O) groups is 1. The summed E-state index contributed by atoms with van der Waals surface area (Å²) in [5, 5.41) is 0. The molecular formula is C22H30O3. The minimum Gasteiger partial charge on any atom is -0.353 e. The molecule has 2 aliphatic carbocycles. The highest BCUT2D eigenvalue weighted by Gasteiger charge is 2.47. The average molecular weight is 342 g/mol. The van der Waals surface area contributed by atoms with E-state index in [9.17, 15) is 4.79 Å². The van der Waals surface area contributed by atoms with Gasteiger partial charge in [-0.3, -0.25) is 4.79 Å². The first-order valence-electron chi connectivity index (χ1n) is 9.70. The highest BCUT2D eigenvalue weighted by molar-refractivity contribution is 5.91. The fraction of sp³-hybridized carbons (Fsp3) is 0.682. The van der Waals surface area contributed by atoms with Gasteiger partial charge in [0.05, 0.1) is 6.10 Å². The minimum atomic E-state index is -0.0342. The molecule has 0 aromatic rings. The summed E-state index contributed by atoms with van der Waals surface area (Å²) >= 11 is 0. The van der Waals surface area contributed by atoms with E-state index in [2.05, 4.69) is 30.1 Å². The Morgan fingerprint density at radius 2 is 2.36 bits per heavy atom. The van der Waals surface area contributed by atoms with E-state index in [1.165, 1.54) is 6.42 Å². The molecule has 3 aliphatic rings. The van der Waals surface area contributed by atoms with Gasteiger partial charge < -0.3 is 9.47 Å². The van der Waals surface area contributed by atoms with Crippen molar-refractivity contribution in [1.82, 2.24) is 0 Å². The largest absolute Gasteiger partial charge is 0.353 e. The highest BCUT2D eigenvalue weighted by atomic mass is 16.7. The van der Waals surface area contributed by atoms with Gasteiger partial charge in [-0.1, -0.05) is 25.2 Å². The van der Waals surface area contributed by atoms with Crippen LogP contribution in [-0.2, 0) is 14.3 Å². The van der Waals surface area contributed by atoms with Crippen LogP contribution in [0.1, 0.15) is 58.8 Å². The molecule has 136 valence electrons. The van der Waals surface area contributed by atoms with Crippen molar-refractivity contribution in [2.45, 2.75) is 71.2 Å². The first kappa shape index (κ1) is 18.4. The lowest BCUT2D eigenvalue weighted by Crippen LogP contribution is -2.27. The Morgan fingerprint density at radius 1 is 1.48 bits per heavy atom. The van der Waals surface area contributed by atoms with Crippen LogP contribution in [0.15, 0.2) is 24.3 Å². The molecular weight excluding hydrogens is 312 g/mol. The summed E-state index contributed by atoms with van der Waals surface area (Å²) in [5.41, 5.74) is -0.00878. The van der Waals surface area contributed by atoms with Gasteiger partial charge in [0.25, 0.3) is 0 Å². The van der Waals surface area contributed by atoms with Gasteiger partial charge in [-0.25, -0.2) is 0 Å². The smallest absolute Gasteiger partial charge is 0.159 e. The second kappa shape index (κ2) is 8.34. The molecule has 1 saturated heterocycles. The summed E-state index contributed by atoms with van der Waals surface area (Å²) < 4.78 is 12.0. The van der Waals surface area contributed by atoms with Gasteiger partial charge in [-0.2, -0.15) is 0 Å². The normalized spacial score (nSPS) is 35.4. The van der Waals surface area contributed by atoms with E-state index in [0.717, 1.165) is 38.7 Å². The number of allylic oxidation sites excluding steroid dienone is 4. The van der Waals surface area contributed by atoms with E-state index in [1.807, 2.05) is 13.8 Å². The zero-order chi connectivity index (χ0) is 17.7. The first-order valence-corrected chi connectivity index (χ1v) is 9.70. The molecule has 0 bridgehead atoms. The molecule has 2 fully saturated rings. The third kappa shape index (κ3) is 4.43. The van der Waals surface area contributed by atoms with Crippen molar-refractivity contribution < 1.29 is 14.3 Å². The fourth-order valence-electron chi connectivity index (χ4n) is 4.31. The summed E-state index contributed by atoms with van der Waals surface area (Å²) in [5.74, 6) is 6.56. The maximum Gasteiger partial charge on any atom is 0.159 e. The molecule has 1 saturated carbocycles. The van der Waals surface area contributed by atoms with Crippen molar-refractivity contribution in [3.63, 3.8) is 0 Å². The standard InChI is InChI=1S/C22H30O3/c1-3-4-8-17(2)20(23)11-13-22-12-7-9-18(22)15-19(16-22)25-21-10-5-6-14-24-21/h7,11-13,17-19,21H,5-6,8-10,14-16H2,1-2H3/b13-11-/t17?,18-,19+,21?,22-/m0/s1. The maximum atomic E-state index is 12.4. The molecule has 1 aliphatic heterocycles. The molecule has 1 heterocycles. The van der Waals surface area contributed by atoms with Crippen LogP contribution < -0.4 is 0 Å². The minimum absolute atomic E-state index is 0.00878. The predicted octanol–water partition coefficient (Wildman–Crippen LogP) is 4.43. The Balaban J connectivity index is 1.60.